The fourth-order valence-electron chi connectivity index (χ4n) is 4.31. The van der Waals surface area contributed by atoms with Crippen LogP contribution in [0.4, 0.5) is 5.69 Å². The van der Waals surface area contributed by atoms with Crippen LogP contribution in [0.2, 0.25) is 0 Å². The number of anilines is 1. The maximum absolute atomic E-state index is 12.9. The van der Waals surface area contributed by atoms with E-state index >= 15 is 0 Å². The lowest BCUT2D eigenvalue weighted by atomic mass is 10.0. The highest BCUT2D eigenvalue weighted by Crippen LogP contribution is 2.23. The Morgan fingerprint density at radius 1 is 0.805 bits per heavy atom. The van der Waals surface area contributed by atoms with Gasteiger partial charge in [-0.2, -0.15) is 0 Å². The third-order valence-electron chi connectivity index (χ3n) is 6.54. The topological polar surface area (TPSA) is 90.7 Å². The molecule has 4 aromatic carbocycles. The van der Waals surface area contributed by atoms with Crippen molar-refractivity contribution in [3.63, 3.8) is 0 Å². The van der Waals surface area contributed by atoms with Gasteiger partial charge in [0.2, 0.25) is 5.89 Å². The van der Waals surface area contributed by atoms with Crippen LogP contribution >= 0.6 is 0 Å². The van der Waals surface area contributed by atoms with Gasteiger partial charge in [0, 0.05) is 23.1 Å². The number of carbonyl (C=O) groups is 2. The first-order valence-electron chi connectivity index (χ1n) is 13.4. The highest BCUT2D eigenvalue weighted by molar-refractivity contribution is 6.12. The van der Waals surface area contributed by atoms with E-state index in [0.29, 0.717) is 42.2 Å². The number of rotatable bonds is 12. The fourth-order valence-corrected chi connectivity index (χ4v) is 4.31. The van der Waals surface area contributed by atoms with Crippen molar-refractivity contribution in [1.29, 1.82) is 0 Å². The summed E-state index contributed by atoms with van der Waals surface area (Å²) in [6.45, 7) is 2.38. The Hall–Kier alpha value is -5.17. The molecule has 0 saturated heterocycles. The van der Waals surface area contributed by atoms with Gasteiger partial charge in [0.25, 0.3) is 0 Å². The average molecular weight is 547 g/mol. The van der Waals surface area contributed by atoms with E-state index < -0.39 is 5.97 Å². The summed E-state index contributed by atoms with van der Waals surface area (Å²) >= 11 is 0. The Labute approximate surface area is 238 Å². The SMILES string of the molecule is Cc1oc(-c2ccccc2)nc1CCOc1ccc(CCC(=O)ONc2ccccc2C(=O)c2ccccc2)cc1. The molecule has 5 aromatic rings. The second-order valence-electron chi connectivity index (χ2n) is 9.45. The Morgan fingerprint density at radius 3 is 2.24 bits per heavy atom. The normalized spacial score (nSPS) is 10.7. The van der Waals surface area contributed by atoms with E-state index in [9.17, 15) is 9.59 Å². The molecule has 1 N–H and O–H groups in total. The molecule has 0 atom stereocenters. The molecule has 0 amide bonds. The Kier molecular flexibility index (Phi) is 8.86. The molecule has 0 saturated carbocycles. The van der Waals surface area contributed by atoms with E-state index in [0.717, 1.165) is 28.3 Å². The molecule has 0 fully saturated rings. The van der Waals surface area contributed by atoms with Crippen molar-refractivity contribution in [3.8, 4) is 17.2 Å². The number of benzene rings is 4. The van der Waals surface area contributed by atoms with Crippen LogP contribution < -0.4 is 10.2 Å². The number of nitrogens with zero attached hydrogens (tertiary/aromatic N) is 1. The van der Waals surface area contributed by atoms with Crippen molar-refractivity contribution in [2.45, 2.75) is 26.2 Å². The zero-order valence-corrected chi connectivity index (χ0v) is 22.7. The lowest BCUT2D eigenvalue weighted by molar-refractivity contribution is -0.140. The molecule has 0 aliphatic rings. The second kappa shape index (κ2) is 13.3. The van der Waals surface area contributed by atoms with E-state index in [1.54, 1.807) is 36.4 Å². The molecular weight excluding hydrogens is 516 g/mol. The molecule has 0 radical (unpaired) electrons. The summed E-state index contributed by atoms with van der Waals surface area (Å²) in [6.07, 6.45) is 1.31. The Balaban J connectivity index is 1.07. The predicted octanol–water partition coefficient (Wildman–Crippen LogP) is 7.01. The molecule has 7 heteroatoms. The summed E-state index contributed by atoms with van der Waals surface area (Å²) in [6, 6.07) is 33.4. The lowest BCUT2D eigenvalue weighted by Crippen LogP contribution is -2.14. The van der Waals surface area contributed by atoms with Gasteiger partial charge in [0.15, 0.2) is 5.78 Å². The molecule has 0 unspecified atom stereocenters. The van der Waals surface area contributed by atoms with Crippen molar-refractivity contribution >= 4 is 17.4 Å². The van der Waals surface area contributed by atoms with Gasteiger partial charge in [-0.1, -0.05) is 72.8 Å². The van der Waals surface area contributed by atoms with Gasteiger partial charge in [-0.15, -0.1) is 0 Å². The van der Waals surface area contributed by atoms with Gasteiger partial charge in [-0.3, -0.25) is 4.79 Å². The van der Waals surface area contributed by atoms with E-state index in [4.69, 9.17) is 14.0 Å². The van der Waals surface area contributed by atoms with Gasteiger partial charge in [-0.05, 0) is 55.3 Å². The first-order chi connectivity index (χ1) is 20.1. The van der Waals surface area contributed by atoms with Crippen molar-refractivity contribution in [2.75, 3.05) is 12.1 Å². The largest absolute Gasteiger partial charge is 0.493 e. The summed E-state index contributed by atoms with van der Waals surface area (Å²) in [4.78, 5) is 35.1. The summed E-state index contributed by atoms with van der Waals surface area (Å²) < 4.78 is 11.7. The summed E-state index contributed by atoms with van der Waals surface area (Å²) in [5.74, 6) is 1.56. The van der Waals surface area contributed by atoms with Crippen molar-refractivity contribution < 1.29 is 23.6 Å². The first-order valence-corrected chi connectivity index (χ1v) is 13.4. The van der Waals surface area contributed by atoms with Crippen LogP contribution in [-0.4, -0.2) is 23.3 Å². The number of aryl methyl sites for hydroxylation is 2. The number of carbonyl (C=O) groups excluding carboxylic acids is 2. The predicted molar refractivity (Wildman–Crippen MR) is 157 cm³/mol. The number of hydrogen-bond donors (Lipinski definition) is 1. The van der Waals surface area contributed by atoms with Crippen LogP contribution in [0.3, 0.4) is 0 Å². The van der Waals surface area contributed by atoms with E-state index in [1.807, 2.05) is 79.7 Å². The smallest absolute Gasteiger partial charge is 0.332 e. The molecule has 0 spiro atoms. The standard InChI is InChI=1S/C34H30N2O5/c1-24-30(35-34(40-24)27-12-6-3-7-13-27)22-23-39-28-19-16-25(17-20-28)18-21-32(37)41-36-31-15-9-8-14-29(31)33(38)26-10-4-2-5-11-26/h2-17,19-20,36H,18,21-23H2,1H3. The first kappa shape index (κ1) is 27.4. The van der Waals surface area contributed by atoms with E-state index in [1.165, 1.54) is 0 Å². The van der Waals surface area contributed by atoms with Crippen LogP contribution in [-0.2, 0) is 22.5 Å². The van der Waals surface area contributed by atoms with Crippen LogP contribution in [0.5, 0.6) is 5.75 Å². The van der Waals surface area contributed by atoms with Crippen LogP contribution in [0.25, 0.3) is 11.5 Å². The molecule has 1 heterocycles. The maximum Gasteiger partial charge on any atom is 0.332 e. The summed E-state index contributed by atoms with van der Waals surface area (Å²) in [5.41, 5.74) is 6.89. The Bertz CT molecular complexity index is 1600. The monoisotopic (exact) mass is 546 g/mol. The maximum atomic E-state index is 12.9. The number of nitrogens with one attached hydrogen (secondary N) is 1. The third-order valence-corrected chi connectivity index (χ3v) is 6.54. The molecule has 1 aromatic heterocycles. The summed E-state index contributed by atoms with van der Waals surface area (Å²) in [7, 11) is 0. The van der Waals surface area contributed by atoms with Gasteiger partial charge < -0.3 is 14.0 Å². The number of ketones is 1. The molecule has 5 rings (SSSR count). The zero-order valence-electron chi connectivity index (χ0n) is 22.7. The lowest BCUT2D eigenvalue weighted by Gasteiger charge is -2.11. The minimum Gasteiger partial charge on any atom is -0.493 e. The molecule has 0 aliphatic heterocycles. The van der Waals surface area contributed by atoms with Crippen LogP contribution in [0, 0.1) is 6.92 Å². The molecule has 41 heavy (non-hydrogen) atoms. The molecule has 206 valence electrons. The van der Waals surface area contributed by atoms with Gasteiger partial charge in [0.1, 0.15) is 11.5 Å². The second-order valence-corrected chi connectivity index (χ2v) is 9.45. The van der Waals surface area contributed by atoms with Crippen molar-refractivity contribution in [1.82, 2.24) is 4.98 Å². The highest BCUT2D eigenvalue weighted by atomic mass is 16.7. The average Bonchev–Trinajstić information content (AvgIpc) is 3.40. The van der Waals surface area contributed by atoms with Gasteiger partial charge in [0.05, 0.1) is 24.4 Å². The highest BCUT2D eigenvalue weighted by Gasteiger charge is 2.15. The molecular formula is C34H30N2O5. The molecule has 0 bridgehead atoms. The number of para-hydroxylation sites is 1. The fraction of sp³-hybridized carbons (Fsp3) is 0.147. The quantitative estimate of drug-likeness (QED) is 0.133. The molecule has 7 nitrogen and oxygen atoms in total. The van der Waals surface area contributed by atoms with Gasteiger partial charge in [-0.25, -0.2) is 15.3 Å². The number of ether oxygens (including phenoxy) is 1. The molecule has 0 aliphatic carbocycles. The van der Waals surface area contributed by atoms with Crippen molar-refractivity contribution in [2.24, 2.45) is 0 Å². The minimum atomic E-state index is -0.426. The van der Waals surface area contributed by atoms with Crippen LogP contribution in [0.15, 0.2) is 114 Å². The van der Waals surface area contributed by atoms with Crippen LogP contribution in [0.1, 0.15) is 39.4 Å². The number of hydrogen-bond acceptors (Lipinski definition) is 7. The van der Waals surface area contributed by atoms with E-state index in [-0.39, 0.29) is 12.2 Å². The van der Waals surface area contributed by atoms with E-state index in [2.05, 4.69) is 10.5 Å². The third kappa shape index (κ3) is 7.28. The van der Waals surface area contributed by atoms with Gasteiger partial charge >= 0.3 is 5.97 Å². The Morgan fingerprint density at radius 2 is 1.49 bits per heavy atom. The number of aromatic nitrogens is 1. The minimum absolute atomic E-state index is 0.153. The van der Waals surface area contributed by atoms with Crippen molar-refractivity contribution in [3.05, 3.63) is 137 Å². The summed E-state index contributed by atoms with van der Waals surface area (Å²) in [5, 5.41) is 0. The zero-order chi connectivity index (χ0) is 28.4. The number of oxazole rings is 1.